The first-order valence-electron chi connectivity index (χ1n) is 5.31. The van der Waals surface area contributed by atoms with Crippen molar-refractivity contribution in [3.05, 3.63) is 35.9 Å². The molecule has 0 aliphatic heterocycles. The number of benzene rings is 1. The molecule has 1 atom stereocenters. The Morgan fingerprint density at radius 1 is 1.27 bits per heavy atom. The minimum atomic E-state index is -0.126. The molecule has 0 heterocycles. The highest BCUT2D eigenvalue weighted by atomic mass is 32.2. The van der Waals surface area contributed by atoms with E-state index < -0.39 is 0 Å². The Kier molecular flexibility index (Phi) is 3.49. The van der Waals surface area contributed by atoms with Crippen molar-refractivity contribution in [2.75, 3.05) is 6.26 Å². The molecule has 2 heteroatoms. The average molecular weight is 220 g/mol. The van der Waals surface area contributed by atoms with Crippen molar-refractivity contribution in [2.45, 2.75) is 30.3 Å². The molecule has 0 amide bonds. The van der Waals surface area contributed by atoms with E-state index in [9.17, 15) is 5.11 Å². The van der Waals surface area contributed by atoms with Crippen molar-refractivity contribution < 1.29 is 5.11 Å². The standard InChI is InChI=1S/C13H16OS/c1-15-13-8-4-11(5-9-13)10-2-6-12(14)7-3-10/h2,4-5,8-9,12,14H,3,6-7H2,1H3/t12-/m0/s1. The summed E-state index contributed by atoms with van der Waals surface area (Å²) < 4.78 is 0. The fourth-order valence-corrected chi connectivity index (χ4v) is 2.30. The van der Waals surface area contributed by atoms with Gasteiger partial charge in [0.1, 0.15) is 0 Å². The molecular weight excluding hydrogens is 204 g/mol. The van der Waals surface area contributed by atoms with Gasteiger partial charge in [0.15, 0.2) is 0 Å². The van der Waals surface area contributed by atoms with Gasteiger partial charge in [0.05, 0.1) is 6.10 Å². The predicted molar refractivity (Wildman–Crippen MR) is 66.1 cm³/mol. The molecule has 0 radical (unpaired) electrons. The van der Waals surface area contributed by atoms with Crippen LogP contribution in [0.25, 0.3) is 5.57 Å². The summed E-state index contributed by atoms with van der Waals surface area (Å²) in [7, 11) is 0. The van der Waals surface area contributed by atoms with Crippen LogP contribution in [0.2, 0.25) is 0 Å². The summed E-state index contributed by atoms with van der Waals surface area (Å²) in [6.07, 6.45) is 6.84. The molecule has 0 saturated heterocycles. The topological polar surface area (TPSA) is 20.2 Å². The van der Waals surface area contributed by atoms with Gasteiger partial charge in [-0.05, 0) is 48.8 Å². The van der Waals surface area contributed by atoms with E-state index in [1.54, 1.807) is 11.8 Å². The Morgan fingerprint density at radius 3 is 2.53 bits per heavy atom. The molecule has 1 aliphatic rings. The van der Waals surface area contributed by atoms with Crippen molar-refractivity contribution in [2.24, 2.45) is 0 Å². The first kappa shape index (κ1) is 10.8. The Labute approximate surface area is 95.2 Å². The Bertz CT molecular complexity index is 353. The second kappa shape index (κ2) is 4.86. The van der Waals surface area contributed by atoms with Gasteiger partial charge in [-0.2, -0.15) is 0 Å². The first-order valence-corrected chi connectivity index (χ1v) is 6.53. The highest BCUT2D eigenvalue weighted by Gasteiger charge is 2.12. The SMILES string of the molecule is CSc1ccc(C2=CC[C@H](O)CC2)cc1. The summed E-state index contributed by atoms with van der Waals surface area (Å²) in [5, 5.41) is 9.41. The van der Waals surface area contributed by atoms with E-state index >= 15 is 0 Å². The smallest absolute Gasteiger partial charge is 0.0578 e. The molecule has 0 spiro atoms. The molecule has 1 nitrogen and oxygen atoms in total. The number of aliphatic hydroxyl groups is 1. The second-order valence-electron chi connectivity index (χ2n) is 3.89. The minimum Gasteiger partial charge on any atom is -0.393 e. The lowest BCUT2D eigenvalue weighted by Crippen LogP contribution is -2.09. The predicted octanol–water partition coefficient (Wildman–Crippen LogP) is 3.34. The normalized spacial score (nSPS) is 21.2. The van der Waals surface area contributed by atoms with Crippen molar-refractivity contribution in [1.82, 2.24) is 0 Å². The molecule has 0 unspecified atom stereocenters. The van der Waals surface area contributed by atoms with E-state index in [-0.39, 0.29) is 6.10 Å². The highest BCUT2D eigenvalue weighted by Crippen LogP contribution is 2.28. The van der Waals surface area contributed by atoms with Crippen molar-refractivity contribution in [3.8, 4) is 0 Å². The maximum Gasteiger partial charge on any atom is 0.0578 e. The van der Waals surface area contributed by atoms with Crippen LogP contribution in [0.3, 0.4) is 0 Å². The van der Waals surface area contributed by atoms with Gasteiger partial charge in [-0.25, -0.2) is 0 Å². The summed E-state index contributed by atoms with van der Waals surface area (Å²) in [6.45, 7) is 0. The number of hydrogen-bond donors (Lipinski definition) is 1. The minimum absolute atomic E-state index is 0.126. The Balaban J connectivity index is 2.16. The number of rotatable bonds is 2. The van der Waals surface area contributed by atoms with Gasteiger partial charge in [-0.1, -0.05) is 18.2 Å². The molecule has 1 N–H and O–H groups in total. The monoisotopic (exact) mass is 220 g/mol. The number of allylic oxidation sites excluding steroid dienone is 1. The quantitative estimate of drug-likeness (QED) is 0.771. The summed E-state index contributed by atoms with van der Waals surface area (Å²) in [6, 6.07) is 8.67. The molecule has 15 heavy (non-hydrogen) atoms. The van der Waals surface area contributed by atoms with Crippen LogP contribution in [0.4, 0.5) is 0 Å². The summed E-state index contributed by atoms with van der Waals surface area (Å²) in [5.74, 6) is 0. The molecule has 1 aromatic carbocycles. The van der Waals surface area contributed by atoms with Crippen LogP contribution in [0.15, 0.2) is 35.2 Å². The van der Waals surface area contributed by atoms with Gasteiger partial charge >= 0.3 is 0 Å². The van der Waals surface area contributed by atoms with Crippen LogP contribution in [-0.4, -0.2) is 17.5 Å². The van der Waals surface area contributed by atoms with Gasteiger partial charge in [-0.15, -0.1) is 11.8 Å². The number of thioether (sulfide) groups is 1. The molecule has 0 aromatic heterocycles. The molecule has 1 aromatic rings. The summed E-state index contributed by atoms with van der Waals surface area (Å²) in [5.41, 5.74) is 2.69. The van der Waals surface area contributed by atoms with E-state index in [4.69, 9.17) is 0 Å². The van der Waals surface area contributed by atoms with Gasteiger partial charge in [0.25, 0.3) is 0 Å². The lowest BCUT2D eigenvalue weighted by atomic mass is 9.92. The maximum atomic E-state index is 9.41. The average Bonchev–Trinajstić information content (AvgIpc) is 2.30. The van der Waals surface area contributed by atoms with Gasteiger partial charge < -0.3 is 5.11 Å². The molecule has 0 bridgehead atoms. The van der Waals surface area contributed by atoms with Crippen LogP contribution in [0.5, 0.6) is 0 Å². The summed E-state index contributed by atoms with van der Waals surface area (Å²) >= 11 is 1.77. The lowest BCUT2D eigenvalue weighted by Gasteiger charge is -2.17. The fraction of sp³-hybridized carbons (Fsp3) is 0.385. The van der Waals surface area contributed by atoms with E-state index in [0.29, 0.717) is 0 Å². The fourth-order valence-electron chi connectivity index (χ4n) is 1.89. The molecule has 2 rings (SSSR count). The van der Waals surface area contributed by atoms with Crippen LogP contribution in [0, 0.1) is 0 Å². The zero-order chi connectivity index (χ0) is 10.7. The molecular formula is C13H16OS. The van der Waals surface area contributed by atoms with Crippen LogP contribution in [0.1, 0.15) is 24.8 Å². The zero-order valence-corrected chi connectivity index (χ0v) is 9.76. The molecule has 1 aliphatic carbocycles. The van der Waals surface area contributed by atoms with Crippen LogP contribution < -0.4 is 0 Å². The lowest BCUT2D eigenvalue weighted by molar-refractivity contribution is 0.166. The molecule has 0 fully saturated rings. The number of hydrogen-bond acceptors (Lipinski definition) is 2. The van der Waals surface area contributed by atoms with Crippen molar-refractivity contribution in [1.29, 1.82) is 0 Å². The van der Waals surface area contributed by atoms with Gasteiger partial charge in [-0.3, -0.25) is 0 Å². The zero-order valence-electron chi connectivity index (χ0n) is 8.94. The van der Waals surface area contributed by atoms with E-state index in [2.05, 4.69) is 36.6 Å². The van der Waals surface area contributed by atoms with Gasteiger partial charge in [0.2, 0.25) is 0 Å². The van der Waals surface area contributed by atoms with E-state index in [1.165, 1.54) is 16.0 Å². The second-order valence-corrected chi connectivity index (χ2v) is 4.77. The third-order valence-corrected chi connectivity index (χ3v) is 3.59. The van der Waals surface area contributed by atoms with Crippen molar-refractivity contribution >= 4 is 17.3 Å². The molecule has 0 saturated carbocycles. The van der Waals surface area contributed by atoms with Gasteiger partial charge in [0, 0.05) is 4.90 Å². The van der Waals surface area contributed by atoms with Crippen LogP contribution in [-0.2, 0) is 0 Å². The maximum absolute atomic E-state index is 9.41. The van der Waals surface area contributed by atoms with E-state index in [1.807, 2.05) is 0 Å². The Morgan fingerprint density at radius 2 is 2.00 bits per heavy atom. The summed E-state index contributed by atoms with van der Waals surface area (Å²) in [4.78, 5) is 1.30. The largest absolute Gasteiger partial charge is 0.393 e. The first-order chi connectivity index (χ1) is 7.29. The Hall–Kier alpha value is -0.730. The highest BCUT2D eigenvalue weighted by molar-refractivity contribution is 7.98. The van der Waals surface area contributed by atoms with Crippen LogP contribution >= 0.6 is 11.8 Å². The van der Waals surface area contributed by atoms with Crippen molar-refractivity contribution in [3.63, 3.8) is 0 Å². The number of aliphatic hydroxyl groups excluding tert-OH is 1. The third kappa shape index (κ3) is 2.64. The molecule has 80 valence electrons. The third-order valence-electron chi connectivity index (χ3n) is 2.84. The van der Waals surface area contributed by atoms with E-state index in [0.717, 1.165) is 19.3 Å².